The van der Waals surface area contributed by atoms with Crippen molar-refractivity contribution in [3.8, 4) is 0 Å². The second-order valence-corrected chi connectivity index (χ2v) is 5.38. The molecule has 19 heavy (non-hydrogen) atoms. The molecule has 0 bridgehead atoms. The van der Waals surface area contributed by atoms with Crippen molar-refractivity contribution in [3.63, 3.8) is 0 Å². The minimum Gasteiger partial charge on any atom is -0.369 e. The van der Waals surface area contributed by atoms with Crippen LogP contribution in [0.3, 0.4) is 0 Å². The van der Waals surface area contributed by atoms with Crippen LogP contribution in [0.4, 0.5) is 5.69 Å². The molecule has 2 rings (SSSR count). The van der Waals surface area contributed by atoms with E-state index in [-0.39, 0.29) is 0 Å². The molecule has 1 saturated heterocycles. The Bertz CT molecular complexity index is 424. The average molecular weight is 262 g/mol. The molecule has 0 saturated carbocycles. The van der Waals surface area contributed by atoms with E-state index in [2.05, 4.69) is 21.9 Å². The molecule has 1 aromatic rings. The molecule has 1 unspecified atom stereocenters. The lowest BCUT2D eigenvalue weighted by Gasteiger charge is -2.38. The quantitative estimate of drug-likeness (QED) is 0.801. The minimum atomic E-state index is -0.949. The predicted molar refractivity (Wildman–Crippen MR) is 76.9 cm³/mol. The van der Waals surface area contributed by atoms with E-state index in [0.717, 1.165) is 26.2 Å². The first-order valence-corrected chi connectivity index (χ1v) is 6.60. The Morgan fingerprint density at radius 3 is 2.32 bits per heavy atom. The van der Waals surface area contributed by atoms with Crippen molar-refractivity contribution in [2.24, 2.45) is 11.5 Å². The lowest BCUT2D eigenvalue weighted by Crippen LogP contribution is -2.59. The fraction of sp³-hybridized carbons (Fsp3) is 0.500. The number of carbonyl (C=O) groups is 1. The Labute approximate surface area is 114 Å². The minimum absolute atomic E-state index is 0.446. The zero-order valence-corrected chi connectivity index (χ0v) is 11.4. The van der Waals surface area contributed by atoms with Gasteiger partial charge in [0.05, 0.1) is 0 Å². The highest BCUT2D eigenvalue weighted by Gasteiger charge is 2.30. The number of benzene rings is 1. The number of hydrogen-bond donors (Lipinski definition) is 2. The summed E-state index contributed by atoms with van der Waals surface area (Å²) in [6.45, 7) is 5.89. The number of amides is 1. The maximum Gasteiger partial charge on any atom is 0.238 e. The molecule has 1 aromatic carbocycles. The molecule has 5 heteroatoms. The monoisotopic (exact) mass is 262 g/mol. The molecular weight excluding hydrogens is 240 g/mol. The van der Waals surface area contributed by atoms with Gasteiger partial charge in [0.25, 0.3) is 0 Å². The summed E-state index contributed by atoms with van der Waals surface area (Å²) < 4.78 is 0. The van der Waals surface area contributed by atoms with Gasteiger partial charge < -0.3 is 16.4 Å². The molecule has 1 heterocycles. The van der Waals surface area contributed by atoms with Crippen molar-refractivity contribution >= 4 is 11.6 Å². The Morgan fingerprint density at radius 2 is 1.79 bits per heavy atom. The van der Waals surface area contributed by atoms with Crippen molar-refractivity contribution in [2.45, 2.75) is 12.5 Å². The van der Waals surface area contributed by atoms with Gasteiger partial charge in [-0.2, -0.15) is 0 Å². The maximum atomic E-state index is 11.2. The van der Waals surface area contributed by atoms with E-state index in [1.54, 1.807) is 6.92 Å². The molecule has 4 N–H and O–H groups in total. The SMILES string of the molecule is CC(N)(CN1CCN(c2ccccc2)CC1)C(N)=O. The first-order valence-electron chi connectivity index (χ1n) is 6.60. The number of rotatable bonds is 4. The molecule has 0 radical (unpaired) electrons. The summed E-state index contributed by atoms with van der Waals surface area (Å²) in [5, 5.41) is 0. The van der Waals surface area contributed by atoms with Crippen molar-refractivity contribution in [1.29, 1.82) is 0 Å². The van der Waals surface area contributed by atoms with Crippen LogP contribution < -0.4 is 16.4 Å². The highest BCUT2D eigenvalue weighted by molar-refractivity contribution is 5.84. The smallest absolute Gasteiger partial charge is 0.238 e. The molecule has 1 aliphatic rings. The molecule has 0 spiro atoms. The summed E-state index contributed by atoms with van der Waals surface area (Å²) >= 11 is 0. The van der Waals surface area contributed by atoms with Gasteiger partial charge in [0.1, 0.15) is 5.54 Å². The second kappa shape index (κ2) is 5.59. The zero-order valence-electron chi connectivity index (χ0n) is 11.4. The Kier molecular flexibility index (Phi) is 4.07. The molecule has 1 fully saturated rings. The summed E-state index contributed by atoms with van der Waals surface area (Å²) in [5.41, 5.74) is 11.5. The number of anilines is 1. The molecule has 104 valence electrons. The molecule has 5 nitrogen and oxygen atoms in total. The normalized spacial score (nSPS) is 20.0. The Balaban J connectivity index is 1.88. The second-order valence-electron chi connectivity index (χ2n) is 5.38. The summed E-state index contributed by atoms with van der Waals surface area (Å²) in [6.07, 6.45) is 0. The number of primary amides is 1. The molecule has 1 aliphatic heterocycles. The summed E-state index contributed by atoms with van der Waals surface area (Å²) in [7, 11) is 0. The van der Waals surface area contributed by atoms with E-state index in [9.17, 15) is 4.79 Å². The molecule has 0 aliphatic carbocycles. The van der Waals surface area contributed by atoms with Crippen LogP contribution in [0.2, 0.25) is 0 Å². The Morgan fingerprint density at radius 1 is 1.21 bits per heavy atom. The molecule has 1 amide bonds. The fourth-order valence-electron chi connectivity index (χ4n) is 2.35. The van der Waals surface area contributed by atoms with Gasteiger partial charge in [0.15, 0.2) is 0 Å². The first kappa shape index (κ1) is 13.8. The fourth-order valence-corrected chi connectivity index (χ4v) is 2.35. The third-order valence-corrected chi connectivity index (χ3v) is 3.61. The van der Waals surface area contributed by atoms with Crippen molar-refractivity contribution < 1.29 is 4.79 Å². The van der Waals surface area contributed by atoms with Crippen molar-refractivity contribution in [3.05, 3.63) is 30.3 Å². The third kappa shape index (κ3) is 3.45. The van der Waals surface area contributed by atoms with Gasteiger partial charge in [0, 0.05) is 38.4 Å². The van der Waals surface area contributed by atoms with Crippen LogP contribution in [0.25, 0.3) is 0 Å². The van der Waals surface area contributed by atoms with Gasteiger partial charge >= 0.3 is 0 Å². The van der Waals surface area contributed by atoms with Crippen molar-refractivity contribution in [2.75, 3.05) is 37.6 Å². The largest absolute Gasteiger partial charge is 0.369 e. The van der Waals surface area contributed by atoms with E-state index in [1.165, 1.54) is 5.69 Å². The number of nitrogens with two attached hydrogens (primary N) is 2. The van der Waals surface area contributed by atoms with Gasteiger partial charge in [0.2, 0.25) is 5.91 Å². The van der Waals surface area contributed by atoms with Gasteiger partial charge in [-0.1, -0.05) is 18.2 Å². The molecule has 1 atom stereocenters. The number of piperazine rings is 1. The van der Waals surface area contributed by atoms with Gasteiger partial charge in [-0.25, -0.2) is 0 Å². The topological polar surface area (TPSA) is 75.6 Å². The number of carbonyl (C=O) groups excluding carboxylic acids is 1. The van der Waals surface area contributed by atoms with Gasteiger partial charge in [-0.05, 0) is 19.1 Å². The number of hydrogen-bond acceptors (Lipinski definition) is 4. The zero-order chi connectivity index (χ0) is 13.9. The van der Waals surface area contributed by atoms with Crippen LogP contribution >= 0.6 is 0 Å². The van der Waals surface area contributed by atoms with Gasteiger partial charge in [-0.15, -0.1) is 0 Å². The molecular formula is C14H22N4O. The lowest BCUT2D eigenvalue weighted by atomic mass is 10.0. The third-order valence-electron chi connectivity index (χ3n) is 3.61. The van der Waals surface area contributed by atoms with Crippen LogP contribution in [-0.2, 0) is 4.79 Å². The summed E-state index contributed by atoms with van der Waals surface area (Å²) in [6, 6.07) is 10.3. The average Bonchev–Trinajstić information content (AvgIpc) is 2.40. The van der Waals surface area contributed by atoms with E-state index in [0.29, 0.717) is 6.54 Å². The van der Waals surface area contributed by atoms with E-state index in [1.807, 2.05) is 18.2 Å². The van der Waals surface area contributed by atoms with Gasteiger partial charge in [-0.3, -0.25) is 9.69 Å². The van der Waals surface area contributed by atoms with E-state index >= 15 is 0 Å². The standard InChI is InChI=1S/C14H22N4O/c1-14(16,13(15)19)11-17-7-9-18(10-8-17)12-5-3-2-4-6-12/h2-6H,7-11,16H2,1H3,(H2,15,19). The van der Waals surface area contributed by atoms with Crippen LogP contribution in [0.1, 0.15) is 6.92 Å². The van der Waals surface area contributed by atoms with E-state index < -0.39 is 11.4 Å². The van der Waals surface area contributed by atoms with Crippen LogP contribution in [0.5, 0.6) is 0 Å². The van der Waals surface area contributed by atoms with Crippen LogP contribution in [0.15, 0.2) is 30.3 Å². The highest BCUT2D eigenvalue weighted by Crippen LogP contribution is 2.16. The summed E-state index contributed by atoms with van der Waals surface area (Å²) in [4.78, 5) is 15.8. The maximum absolute atomic E-state index is 11.2. The number of nitrogens with zero attached hydrogens (tertiary/aromatic N) is 2. The highest BCUT2D eigenvalue weighted by atomic mass is 16.1. The molecule has 0 aromatic heterocycles. The predicted octanol–water partition coefficient (Wildman–Crippen LogP) is 0.0113. The van der Waals surface area contributed by atoms with Crippen LogP contribution in [-0.4, -0.2) is 49.1 Å². The van der Waals surface area contributed by atoms with Crippen molar-refractivity contribution in [1.82, 2.24) is 4.90 Å². The van der Waals surface area contributed by atoms with Crippen LogP contribution in [0, 0.1) is 0 Å². The lowest BCUT2D eigenvalue weighted by molar-refractivity contribution is -0.123. The summed E-state index contributed by atoms with van der Waals surface area (Å²) in [5.74, 6) is -0.446. The number of para-hydroxylation sites is 1. The van der Waals surface area contributed by atoms with E-state index in [4.69, 9.17) is 11.5 Å². The Hall–Kier alpha value is -1.59. The first-order chi connectivity index (χ1) is 8.99.